The summed E-state index contributed by atoms with van der Waals surface area (Å²) >= 11 is 0. The first-order chi connectivity index (χ1) is 15.8. The van der Waals surface area contributed by atoms with Gasteiger partial charge < -0.3 is 24.2 Å². The molecule has 1 atom stereocenters. The van der Waals surface area contributed by atoms with Gasteiger partial charge in [0.05, 0.1) is 30.9 Å². The molecule has 1 amide bonds. The van der Waals surface area contributed by atoms with Crippen molar-refractivity contribution in [1.82, 2.24) is 4.90 Å². The maximum absolute atomic E-state index is 13.1. The molecule has 0 radical (unpaired) electrons. The fourth-order valence-electron chi connectivity index (χ4n) is 3.95. The van der Waals surface area contributed by atoms with Gasteiger partial charge in [-0.3, -0.25) is 9.59 Å². The molecule has 1 N–H and O–H groups in total. The fraction of sp³-hybridized carbons (Fsp3) is 0.385. The average Bonchev–Trinajstić information content (AvgIpc) is 3.03. The molecule has 7 heteroatoms. The number of hydrogen-bond donors (Lipinski definition) is 1. The molecule has 176 valence electrons. The Morgan fingerprint density at radius 3 is 2.55 bits per heavy atom. The standard InChI is InChI=1S/C26H31NO6/c1-6-32-21-11-10-19(14-17(21)4)24(28)22-23(27(12-13-31-5)26(30)25(22)29)18-8-7-9-20(15-18)33-16(2)3/h7-11,14-16,23,28H,6,12-13H2,1-5H3/b24-22+. The fourth-order valence-corrected chi connectivity index (χ4v) is 3.95. The minimum atomic E-state index is -0.761. The number of ketones is 1. The Hall–Kier alpha value is -3.32. The van der Waals surface area contributed by atoms with Gasteiger partial charge in [-0.2, -0.15) is 0 Å². The maximum Gasteiger partial charge on any atom is 0.295 e. The van der Waals surface area contributed by atoms with Crippen LogP contribution in [0.25, 0.3) is 5.76 Å². The first kappa shape index (κ1) is 24.3. The number of likely N-dealkylation sites (tertiary alicyclic amines) is 1. The summed E-state index contributed by atoms with van der Waals surface area (Å²) < 4.78 is 16.5. The second-order valence-electron chi connectivity index (χ2n) is 8.14. The maximum atomic E-state index is 13.1. The third kappa shape index (κ3) is 5.20. The van der Waals surface area contributed by atoms with Gasteiger partial charge in [0.1, 0.15) is 17.3 Å². The zero-order valence-corrected chi connectivity index (χ0v) is 19.8. The van der Waals surface area contributed by atoms with Crippen LogP contribution < -0.4 is 9.47 Å². The Labute approximate surface area is 194 Å². The van der Waals surface area contributed by atoms with E-state index in [1.165, 1.54) is 12.0 Å². The van der Waals surface area contributed by atoms with Crippen molar-refractivity contribution in [2.24, 2.45) is 0 Å². The molecule has 7 nitrogen and oxygen atoms in total. The molecular weight excluding hydrogens is 422 g/mol. The molecule has 2 aromatic rings. The molecule has 0 aromatic heterocycles. The Morgan fingerprint density at radius 1 is 1.15 bits per heavy atom. The number of aliphatic hydroxyl groups is 1. The Balaban J connectivity index is 2.13. The zero-order valence-electron chi connectivity index (χ0n) is 19.8. The van der Waals surface area contributed by atoms with Crippen molar-refractivity contribution in [2.75, 3.05) is 26.9 Å². The lowest BCUT2D eigenvalue weighted by atomic mass is 9.94. The number of Topliss-reactive ketones (excluding diaryl/α,β-unsaturated/α-hetero) is 1. The summed E-state index contributed by atoms with van der Waals surface area (Å²) in [5.41, 5.74) is 1.98. The minimum absolute atomic E-state index is 0.0352. The number of hydrogen-bond acceptors (Lipinski definition) is 6. The quantitative estimate of drug-likeness (QED) is 0.347. The third-order valence-corrected chi connectivity index (χ3v) is 5.37. The number of carbonyl (C=O) groups is 2. The van der Waals surface area contributed by atoms with Gasteiger partial charge in [0.25, 0.3) is 11.7 Å². The number of aliphatic hydroxyl groups excluding tert-OH is 1. The highest BCUT2D eigenvalue weighted by atomic mass is 16.5. The zero-order chi connectivity index (χ0) is 24.1. The van der Waals surface area contributed by atoms with E-state index in [2.05, 4.69) is 0 Å². The number of carbonyl (C=O) groups excluding carboxylic acids is 2. The molecule has 3 rings (SSSR count). The van der Waals surface area contributed by atoms with Crippen LogP contribution >= 0.6 is 0 Å². The Bertz CT molecular complexity index is 1060. The molecule has 1 heterocycles. The first-order valence-electron chi connectivity index (χ1n) is 11.1. The lowest BCUT2D eigenvalue weighted by molar-refractivity contribution is -0.140. The number of ether oxygens (including phenoxy) is 3. The van der Waals surface area contributed by atoms with Crippen LogP contribution in [0.1, 0.15) is 43.5 Å². The number of rotatable bonds is 9. The second-order valence-corrected chi connectivity index (χ2v) is 8.14. The summed E-state index contributed by atoms with van der Waals surface area (Å²) in [4.78, 5) is 27.5. The van der Waals surface area contributed by atoms with Gasteiger partial charge in [-0.1, -0.05) is 12.1 Å². The Kier molecular flexibility index (Phi) is 7.76. The molecule has 0 bridgehead atoms. The molecule has 1 fully saturated rings. The lowest BCUT2D eigenvalue weighted by Gasteiger charge is -2.25. The van der Waals surface area contributed by atoms with E-state index in [1.807, 2.05) is 45.9 Å². The largest absolute Gasteiger partial charge is 0.507 e. The van der Waals surface area contributed by atoms with E-state index in [1.54, 1.807) is 24.3 Å². The van der Waals surface area contributed by atoms with Crippen LogP contribution in [0.5, 0.6) is 11.5 Å². The first-order valence-corrected chi connectivity index (χ1v) is 11.1. The monoisotopic (exact) mass is 453 g/mol. The van der Waals surface area contributed by atoms with Crippen LogP contribution in [-0.4, -0.2) is 54.7 Å². The van der Waals surface area contributed by atoms with Gasteiger partial charge in [0, 0.05) is 19.2 Å². The van der Waals surface area contributed by atoms with E-state index in [-0.39, 0.29) is 30.6 Å². The van der Waals surface area contributed by atoms with E-state index >= 15 is 0 Å². The van der Waals surface area contributed by atoms with Crippen molar-refractivity contribution < 1.29 is 28.9 Å². The highest BCUT2D eigenvalue weighted by molar-refractivity contribution is 6.46. The molecule has 1 aliphatic rings. The second kappa shape index (κ2) is 10.5. The molecule has 1 aliphatic heterocycles. The summed E-state index contributed by atoms with van der Waals surface area (Å²) in [6.45, 7) is 8.59. The summed E-state index contributed by atoms with van der Waals surface area (Å²) in [5.74, 6) is -0.298. The van der Waals surface area contributed by atoms with Crippen LogP contribution in [0.4, 0.5) is 0 Å². The SMILES string of the molecule is CCOc1ccc(/C(O)=C2\C(=O)C(=O)N(CCOC)C2c2cccc(OC(C)C)c2)cc1C. The number of aryl methyl sites for hydroxylation is 1. The summed E-state index contributed by atoms with van der Waals surface area (Å²) in [7, 11) is 1.53. The highest BCUT2D eigenvalue weighted by Crippen LogP contribution is 2.40. The van der Waals surface area contributed by atoms with E-state index in [0.717, 1.165) is 5.56 Å². The van der Waals surface area contributed by atoms with Gasteiger partial charge in [0.15, 0.2) is 0 Å². The van der Waals surface area contributed by atoms with E-state index < -0.39 is 17.7 Å². The normalized spacial score (nSPS) is 17.6. The summed E-state index contributed by atoms with van der Waals surface area (Å²) in [6, 6.07) is 11.7. The molecule has 0 spiro atoms. The predicted molar refractivity (Wildman–Crippen MR) is 125 cm³/mol. The third-order valence-electron chi connectivity index (χ3n) is 5.37. The van der Waals surface area contributed by atoms with Gasteiger partial charge >= 0.3 is 0 Å². The molecule has 1 unspecified atom stereocenters. The van der Waals surface area contributed by atoms with Crippen molar-refractivity contribution in [1.29, 1.82) is 0 Å². The molecule has 1 saturated heterocycles. The average molecular weight is 454 g/mol. The van der Waals surface area contributed by atoms with Crippen molar-refractivity contribution in [3.05, 3.63) is 64.7 Å². The van der Waals surface area contributed by atoms with Crippen molar-refractivity contribution in [3.63, 3.8) is 0 Å². The van der Waals surface area contributed by atoms with Gasteiger partial charge in [-0.05, 0) is 69.2 Å². The molecular formula is C26H31NO6. The molecule has 33 heavy (non-hydrogen) atoms. The van der Waals surface area contributed by atoms with Crippen LogP contribution in [0.2, 0.25) is 0 Å². The lowest BCUT2D eigenvalue weighted by Crippen LogP contribution is -2.32. The summed E-state index contributed by atoms with van der Waals surface area (Å²) in [6.07, 6.45) is -0.0352. The predicted octanol–water partition coefficient (Wildman–Crippen LogP) is 4.25. The minimum Gasteiger partial charge on any atom is -0.507 e. The highest BCUT2D eigenvalue weighted by Gasteiger charge is 2.46. The number of amides is 1. The van der Waals surface area contributed by atoms with Gasteiger partial charge in [-0.15, -0.1) is 0 Å². The van der Waals surface area contributed by atoms with Crippen molar-refractivity contribution >= 4 is 17.4 Å². The van der Waals surface area contributed by atoms with Gasteiger partial charge in [0.2, 0.25) is 0 Å². The number of methoxy groups -OCH3 is 1. The van der Waals surface area contributed by atoms with E-state index in [9.17, 15) is 14.7 Å². The van der Waals surface area contributed by atoms with Crippen LogP contribution in [0, 0.1) is 6.92 Å². The number of nitrogens with zero attached hydrogens (tertiary/aromatic N) is 1. The van der Waals surface area contributed by atoms with Crippen molar-refractivity contribution in [3.8, 4) is 11.5 Å². The smallest absolute Gasteiger partial charge is 0.295 e. The van der Waals surface area contributed by atoms with E-state index in [0.29, 0.717) is 29.2 Å². The molecule has 0 aliphatic carbocycles. The van der Waals surface area contributed by atoms with Gasteiger partial charge in [-0.25, -0.2) is 0 Å². The van der Waals surface area contributed by atoms with Crippen LogP contribution in [0.3, 0.4) is 0 Å². The van der Waals surface area contributed by atoms with Crippen LogP contribution in [0.15, 0.2) is 48.0 Å². The molecule has 0 saturated carbocycles. The van der Waals surface area contributed by atoms with Crippen LogP contribution in [-0.2, 0) is 14.3 Å². The van der Waals surface area contributed by atoms with Crippen molar-refractivity contribution in [2.45, 2.75) is 39.8 Å². The number of benzene rings is 2. The Morgan fingerprint density at radius 2 is 1.91 bits per heavy atom. The summed E-state index contributed by atoms with van der Waals surface area (Å²) in [5, 5.41) is 11.2. The molecule has 2 aromatic carbocycles. The van der Waals surface area contributed by atoms with E-state index in [4.69, 9.17) is 14.2 Å². The topological polar surface area (TPSA) is 85.3 Å².